The number of benzene rings is 4. The molecule has 1 fully saturated rings. The molecule has 19 heteroatoms. The van der Waals surface area contributed by atoms with Crippen molar-refractivity contribution in [3.8, 4) is 57.8 Å². The molecule has 0 spiro atoms. The van der Waals surface area contributed by atoms with E-state index >= 15 is 0 Å². The van der Waals surface area contributed by atoms with Crippen LogP contribution >= 0.6 is 0 Å². The highest BCUT2D eigenvalue weighted by Crippen LogP contribution is 2.39. The molecular formula is C35H29NO18. The maximum Gasteiger partial charge on any atom is 0.338 e. The van der Waals surface area contributed by atoms with Crippen molar-refractivity contribution in [3.05, 3.63) is 89.0 Å². The minimum atomic E-state index is -2.16. The summed E-state index contributed by atoms with van der Waals surface area (Å²) in [7, 11) is 0. The summed E-state index contributed by atoms with van der Waals surface area (Å²) in [6.07, 6.45) is -11.5. The molecule has 0 amide bonds. The summed E-state index contributed by atoms with van der Waals surface area (Å²) in [6, 6.07) is 13.9. The van der Waals surface area contributed by atoms with E-state index in [2.05, 4.69) is 0 Å². The van der Waals surface area contributed by atoms with Crippen molar-refractivity contribution in [3.63, 3.8) is 0 Å². The summed E-state index contributed by atoms with van der Waals surface area (Å²) < 4.78 is 27.8. The van der Waals surface area contributed by atoms with Gasteiger partial charge >= 0.3 is 17.9 Å². The number of ether oxygens (including phenoxy) is 5. The normalized spacial score (nSPS) is 19.9. The van der Waals surface area contributed by atoms with Gasteiger partial charge in [0.15, 0.2) is 76.3 Å². The van der Waals surface area contributed by atoms with Gasteiger partial charge in [-0.15, -0.1) is 0 Å². The second-order valence-electron chi connectivity index (χ2n) is 11.5. The first-order chi connectivity index (χ1) is 25.6. The van der Waals surface area contributed by atoms with E-state index in [4.69, 9.17) is 23.7 Å². The third-order valence-electron chi connectivity index (χ3n) is 7.89. The predicted octanol–water partition coefficient (Wildman–Crippen LogP) is 2.01. The highest BCUT2D eigenvalue weighted by Gasteiger charge is 2.52. The first-order valence-corrected chi connectivity index (χ1v) is 15.4. The number of rotatable bonds is 10. The van der Waals surface area contributed by atoms with Gasteiger partial charge in [0.25, 0.3) is 0 Å². The Morgan fingerprint density at radius 3 is 1.48 bits per heavy atom. The molecule has 19 nitrogen and oxygen atoms in total. The molecule has 0 bridgehead atoms. The number of phenolic OH excluding ortho intramolecular Hbond substituents is 9. The van der Waals surface area contributed by atoms with Crippen LogP contribution in [-0.2, 0) is 23.7 Å². The summed E-state index contributed by atoms with van der Waals surface area (Å²) in [4.78, 5) is 39.8. The maximum absolute atomic E-state index is 13.4. The van der Waals surface area contributed by atoms with E-state index < -0.39 is 130 Å². The molecule has 1 saturated heterocycles. The lowest BCUT2D eigenvalue weighted by Crippen LogP contribution is -2.62. The van der Waals surface area contributed by atoms with Crippen molar-refractivity contribution in [2.45, 2.75) is 36.8 Å². The summed E-state index contributed by atoms with van der Waals surface area (Å²) in [6.45, 7) is -0.963. The lowest BCUT2D eigenvalue weighted by atomic mass is 9.97. The number of carbonyl (C=O) groups excluding carboxylic acids is 3. The number of hydrogen-bond acceptors (Lipinski definition) is 19. The number of nitrogens with zero attached hydrogens (tertiary/aromatic N) is 1. The molecule has 4 aromatic rings. The van der Waals surface area contributed by atoms with Crippen LogP contribution in [0.5, 0.6) is 51.7 Å². The summed E-state index contributed by atoms with van der Waals surface area (Å²) in [5.74, 6) is -12.7. The van der Waals surface area contributed by atoms with Crippen molar-refractivity contribution in [2.75, 3.05) is 6.61 Å². The van der Waals surface area contributed by atoms with Crippen LogP contribution in [0.3, 0.4) is 0 Å². The Kier molecular flexibility index (Phi) is 11.0. The van der Waals surface area contributed by atoms with E-state index in [1.165, 1.54) is 12.1 Å². The number of aliphatic hydroxyl groups is 1. The Labute approximate surface area is 302 Å². The minimum absolute atomic E-state index is 0.273. The first kappa shape index (κ1) is 38.1. The van der Waals surface area contributed by atoms with Gasteiger partial charge in [0, 0.05) is 0 Å². The van der Waals surface area contributed by atoms with Gasteiger partial charge < -0.3 is 74.7 Å². The summed E-state index contributed by atoms with van der Waals surface area (Å²) in [5, 5.41) is 110. The highest BCUT2D eigenvalue weighted by atomic mass is 16.7. The smallest absolute Gasteiger partial charge is 0.338 e. The fraction of sp³-hybridized carbons (Fsp3) is 0.200. The molecule has 1 aliphatic rings. The molecule has 4 aromatic carbocycles. The Balaban J connectivity index is 1.55. The average Bonchev–Trinajstić information content (AvgIpc) is 3.14. The van der Waals surface area contributed by atoms with Gasteiger partial charge in [0.2, 0.25) is 0 Å². The van der Waals surface area contributed by atoms with Crippen LogP contribution in [-0.4, -0.2) is 106 Å². The third-order valence-corrected chi connectivity index (χ3v) is 7.89. The molecule has 0 unspecified atom stereocenters. The van der Waals surface area contributed by atoms with Crippen molar-refractivity contribution in [1.82, 2.24) is 0 Å². The number of aromatic hydroxyl groups is 9. The Morgan fingerprint density at radius 2 is 1.06 bits per heavy atom. The van der Waals surface area contributed by atoms with Crippen molar-refractivity contribution in [1.29, 1.82) is 5.26 Å². The molecule has 6 atom stereocenters. The zero-order valence-electron chi connectivity index (χ0n) is 27.2. The van der Waals surface area contributed by atoms with Crippen molar-refractivity contribution in [2.24, 2.45) is 0 Å². The van der Waals surface area contributed by atoms with E-state index in [0.29, 0.717) is 24.3 Å². The molecule has 5 rings (SSSR count). The van der Waals surface area contributed by atoms with Crippen molar-refractivity contribution < 1.29 is 89.1 Å². The quantitative estimate of drug-likeness (QED) is 0.0629. The molecule has 1 aliphatic heterocycles. The molecule has 10 N–H and O–H groups in total. The maximum atomic E-state index is 13.4. The van der Waals surface area contributed by atoms with Crippen LogP contribution in [0.25, 0.3) is 0 Å². The fourth-order valence-corrected chi connectivity index (χ4v) is 5.15. The Hall–Kier alpha value is -7.14. The summed E-state index contributed by atoms with van der Waals surface area (Å²) in [5.41, 5.74) is -1.44. The number of hydrogen-bond donors (Lipinski definition) is 10. The van der Waals surface area contributed by atoms with Crippen LogP contribution in [0.15, 0.2) is 66.7 Å². The molecular weight excluding hydrogens is 722 g/mol. The van der Waals surface area contributed by atoms with Crippen LogP contribution in [0, 0.1) is 11.3 Å². The lowest BCUT2D eigenvalue weighted by molar-refractivity contribution is -0.306. The fourth-order valence-electron chi connectivity index (χ4n) is 5.15. The average molecular weight is 752 g/mol. The van der Waals surface area contributed by atoms with Gasteiger partial charge in [0.1, 0.15) is 18.8 Å². The molecule has 0 aliphatic carbocycles. The second-order valence-corrected chi connectivity index (χ2v) is 11.5. The molecule has 0 saturated carbocycles. The van der Waals surface area contributed by atoms with E-state index in [1.807, 2.05) is 6.07 Å². The van der Waals surface area contributed by atoms with E-state index in [1.54, 1.807) is 18.2 Å². The minimum Gasteiger partial charge on any atom is -0.504 e. The summed E-state index contributed by atoms with van der Waals surface area (Å²) >= 11 is 0. The standard InChI is InChI=1S/C35H29NO18/c36-12-24(14-4-2-1-3-5-14)51-35-29(46)31(54-34(49)17-10-22(41)28(45)23(42)11-17)30(53-33(48)16-8-20(39)27(44)21(40)9-16)25(52-35)13-50-32(47)15-6-18(37)26(43)19(38)7-15/h1-11,24-25,29-31,35,37-46H,13H2/t24-,25+,29+,30+,31+,35+/m0/s1. The number of phenols is 9. The SMILES string of the molecule is N#C[C@H](O[C@@H]1O[C@H](COC(=O)c2cc(O)c(O)c(O)c2)[C@@H](OC(=O)c2cc(O)c(O)c(O)c2)[C@H](OC(=O)c2cc(O)c(O)c(O)c2)[C@H]1O)c1ccccc1. The lowest BCUT2D eigenvalue weighted by Gasteiger charge is -2.43. The number of esters is 3. The van der Waals surface area contributed by atoms with E-state index in [0.717, 1.165) is 12.1 Å². The zero-order valence-corrected chi connectivity index (χ0v) is 27.2. The molecule has 0 aromatic heterocycles. The van der Waals surface area contributed by atoms with Gasteiger partial charge in [0.05, 0.1) is 22.8 Å². The largest absolute Gasteiger partial charge is 0.504 e. The predicted molar refractivity (Wildman–Crippen MR) is 174 cm³/mol. The van der Waals surface area contributed by atoms with Crippen LogP contribution in [0.4, 0.5) is 0 Å². The highest BCUT2D eigenvalue weighted by molar-refractivity contribution is 5.93. The molecule has 54 heavy (non-hydrogen) atoms. The Bertz CT molecular complexity index is 2050. The monoisotopic (exact) mass is 751 g/mol. The van der Waals surface area contributed by atoms with E-state index in [-0.39, 0.29) is 5.56 Å². The van der Waals surface area contributed by atoms with E-state index in [9.17, 15) is 70.7 Å². The molecule has 282 valence electrons. The van der Waals surface area contributed by atoms with Gasteiger partial charge in [-0.2, -0.15) is 5.26 Å². The second kappa shape index (κ2) is 15.6. The van der Waals surface area contributed by atoms with Gasteiger partial charge in [-0.05, 0) is 42.0 Å². The zero-order chi connectivity index (χ0) is 39.4. The first-order valence-electron chi connectivity index (χ1n) is 15.4. The number of carbonyl (C=O) groups is 3. The topological polar surface area (TPSA) is 323 Å². The van der Waals surface area contributed by atoms with Crippen molar-refractivity contribution >= 4 is 17.9 Å². The van der Waals surface area contributed by atoms with Gasteiger partial charge in [-0.1, -0.05) is 30.3 Å². The van der Waals surface area contributed by atoms with Crippen LogP contribution in [0.1, 0.15) is 42.7 Å². The third kappa shape index (κ3) is 8.00. The van der Waals surface area contributed by atoms with Gasteiger partial charge in [-0.25, -0.2) is 14.4 Å². The van der Waals surface area contributed by atoms with Gasteiger partial charge in [-0.3, -0.25) is 0 Å². The number of aliphatic hydroxyl groups excluding tert-OH is 1. The number of nitriles is 1. The molecule has 0 radical (unpaired) electrons. The van der Waals surface area contributed by atoms with Crippen LogP contribution in [0.2, 0.25) is 0 Å². The Morgan fingerprint density at radius 1 is 0.648 bits per heavy atom. The van der Waals surface area contributed by atoms with Crippen LogP contribution < -0.4 is 0 Å². The molecule has 1 heterocycles.